The molecule has 5 nitrogen and oxygen atoms in total. The van der Waals surface area contributed by atoms with Gasteiger partial charge in [0.05, 0.1) is 18.3 Å². The van der Waals surface area contributed by atoms with Crippen LogP contribution in [0.1, 0.15) is 11.1 Å². The Kier molecular flexibility index (Phi) is 4.28. The highest BCUT2D eigenvalue weighted by atomic mass is 16.5. The molecule has 5 heteroatoms. The highest BCUT2D eigenvalue weighted by Gasteiger charge is 2.25. The SMILES string of the molecule is Cc1ccc(-n2ccnc2-c2cncc3c2OCCN3c2ccccc2)c(C)c1. The molecule has 4 aromatic rings. The maximum absolute atomic E-state index is 6.14. The van der Waals surface area contributed by atoms with Crippen LogP contribution in [0.15, 0.2) is 73.3 Å². The van der Waals surface area contributed by atoms with Crippen LogP contribution in [0.3, 0.4) is 0 Å². The van der Waals surface area contributed by atoms with Crippen molar-refractivity contribution >= 4 is 11.4 Å². The molecule has 0 amide bonds. The summed E-state index contributed by atoms with van der Waals surface area (Å²) in [5.74, 6) is 1.66. The third-order valence-corrected chi connectivity index (χ3v) is 5.29. The lowest BCUT2D eigenvalue weighted by atomic mass is 10.1. The highest BCUT2D eigenvalue weighted by Crippen LogP contribution is 2.42. The standard InChI is InChI=1S/C24H22N4O/c1-17-8-9-21(18(2)14-17)28-11-10-26-24(28)20-15-25-16-22-23(20)29-13-12-27(22)19-6-4-3-5-7-19/h3-11,14-16H,12-13H2,1-2H3. The second kappa shape index (κ2) is 7.09. The number of aryl methyl sites for hydroxylation is 2. The van der Waals surface area contributed by atoms with Gasteiger partial charge in [-0.3, -0.25) is 9.55 Å². The molecular formula is C24H22N4O. The number of ether oxygens (including phenoxy) is 1. The van der Waals surface area contributed by atoms with Crippen LogP contribution in [-0.2, 0) is 0 Å². The molecule has 3 heterocycles. The van der Waals surface area contributed by atoms with Crippen LogP contribution in [0, 0.1) is 13.8 Å². The number of nitrogens with zero attached hydrogens (tertiary/aromatic N) is 4. The summed E-state index contributed by atoms with van der Waals surface area (Å²) in [6, 6.07) is 16.8. The van der Waals surface area contributed by atoms with Gasteiger partial charge in [-0.15, -0.1) is 0 Å². The van der Waals surface area contributed by atoms with Gasteiger partial charge in [-0.05, 0) is 37.6 Å². The summed E-state index contributed by atoms with van der Waals surface area (Å²) in [4.78, 5) is 11.4. The van der Waals surface area contributed by atoms with Crippen LogP contribution in [0.5, 0.6) is 5.75 Å². The van der Waals surface area contributed by atoms with Crippen molar-refractivity contribution in [1.82, 2.24) is 14.5 Å². The third kappa shape index (κ3) is 3.05. The van der Waals surface area contributed by atoms with Crippen molar-refractivity contribution in [3.63, 3.8) is 0 Å². The average molecular weight is 382 g/mol. The van der Waals surface area contributed by atoms with E-state index in [-0.39, 0.29) is 0 Å². The lowest BCUT2D eigenvalue weighted by Gasteiger charge is -2.32. The molecule has 0 fully saturated rings. The quantitative estimate of drug-likeness (QED) is 0.495. The Hall–Kier alpha value is -3.60. The monoisotopic (exact) mass is 382 g/mol. The Morgan fingerprint density at radius 1 is 0.966 bits per heavy atom. The summed E-state index contributed by atoms with van der Waals surface area (Å²) in [7, 11) is 0. The number of hydrogen-bond donors (Lipinski definition) is 0. The van der Waals surface area contributed by atoms with Crippen molar-refractivity contribution in [2.45, 2.75) is 13.8 Å². The maximum Gasteiger partial charge on any atom is 0.157 e. The van der Waals surface area contributed by atoms with Gasteiger partial charge < -0.3 is 9.64 Å². The molecule has 0 aliphatic carbocycles. The van der Waals surface area contributed by atoms with E-state index in [0.29, 0.717) is 6.61 Å². The molecule has 2 aromatic heterocycles. The van der Waals surface area contributed by atoms with E-state index in [4.69, 9.17) is 4.74 Å². The molecule has 5 rings (SSSR count). The number of anilines is 2. The molecule has 0 saturated heterocycles. The number of hydrogen-bond acceptors (Lipinski definition) is 4. The van der Waals surface area contributed by atoms with E-state index in [2.05, 4.69) is 75.7 Å². The zero-order valence-corrected chi connectivity index (χ0v) is 16.5. The fourth-order valence-electron chi connectivity index (χ4n) is 3.95. The minimum Gasteiger partial charge on any atom is -0.489 e. The van der Waals surface area contributed by atoms with E-state index in [1.807, 2.05) is 30.9 Å². The van der Waals surface area contributed by atoms with Gasteiger partial charge in [0.1, 0.15) is 18.1 Å². The van der Waals surface area contributed by atoms with Crippen LogP contribution >= 0.6 is 0 Å². The van der Waals surface area contributed by atoms with Crippen LogP contribution in [0.4, 0.5) is 11.4 Å². The normalized spacial score (nSPS) is 13.1. The van der Waals surface area contributed by atoms with Gasteiger partial charge in [-0.2, -0.15) is 0 Å². The topological polar surface area (TPSA) is 43.2 Å². The molecule has 0 bridgehead atoms. The van der Waals surface area contributed by atoms with Crippen molar-refractivity contribution in [3.05, 3.63) is 84.4 Å². The Bertz CT molecular complexity index is 1170. The first-order valence-corrected chi connectivity index (χ1v) is 9.77. The highest BCUT2D eigenvalue weighted by molar-refractivity contribution is 5.79. The summed E-state index contributed by atoms with van der Waals surface area (Å²) in [6.45, 7) is 5.63. The molecular weight excluding hydrogens is 360 g/mol. The first-order chi connectivity index (χ1) is 14.2. The van der Waals surface area contributed by atoms with Crippen molar-refractivity contribution in [2.75, 3.05) is 18.1 Å². The van der Waals surface area contributed by atoms with Gasteiger partial charge in [-0.1, -0.05) is 35.9 Å². The number of fused-ring (bicyclic) bond motifs is 1. The van der Waals surface area contributed by atoms with E-state index in [0.717, 1.165) is 40.7 Å². The summed E-state index contributed by atoms with van der Waals surface area (Å²) in [5, 5.41) is 0. The molecule has 0 spiro atoms. The predicted octanol–water partition coefficient (Wildman–Crippen LogP) is 5.08. The minimum atomic E-state index is 0.614. The Morgan fingerprint density at radius 2 is 1.83 bits per heavy atom. The summed E-state index contributed by atoms with van der Waals surface area (Å²) >= 11 is 0. The third-order valence-electron chi connectivity index (χ3n) is 5.29. The smallest absolute Gasteiger partial charge is 0.157 e. The van der Waals surface area contributed by atoms with Crippen molar-refractivity contribution in [1.29, 1.82) is 0 Å². The fraction of sp³-hybridized carbons (Fsp3) is 0.167. The number of aromatic nitrogens is 3. The molecule has 0 saturated carbocycles. The maximum atomic E-state index is 6.14. The van der Waals surface area contributed by atoms with Crippen molar-refractivity contribution in [2.24, 2.45) is 0 Å². The predicted molar refractivity (Wildman–Crippen MR) is 115 cm³/mol. The molecule has 2 aromatic carbocycles. The van der Waals surface area contributed by atoms with Gasteiger partial charge in [0.15, 0.2) is 5.75 Å². The number of benzene rings is 2. The average Bonchev–Trinajstić information content (AvgIpc) is 3.23. The number of rotatable bonds is 3. The molecule has 0 radical (unpaired) electrons. The van der Waals surface area contributed by atoms with Crippen molar-refractivity contribution in [3.8, 4) is 22.8 Å². The molecule has 144 valence electrons. The largest absolute Gasteiger partial charge is 0.489 e. The Labute approximate surface area is 170 Å². The van der Waals surface area contributed by atoms with Gasteiger partial charge in [-0.25, -0.2) is 4.98 Å². The Morgan fingerprint density at radius 3 is 2.66 bits per heavy atom. The van der Waals surface area contributed by atoms with Crippen LogP contribution < -0.4 is 9.64 Å². The van der Waals surface area contributed by atoms with E-state index in [1.54, 1.807) is 0 Å². The van der Waals surface area contributed by atoms with E-state index >= 15 is 0 Å². The van der Waals surface area contributed by atoms with Crippen LogP contribution in [-0.4, -0.2) is 27.7 Å². The number of pyridine rings is 1. The lowest BCUT2D eigenvalue weighted by Crippen LogP contribution is -2.29. The van der Waals surface area contributed by atoms with Gasteiger partial charge >= 0.3 is 0 Å². The molecule has 1 aliphatic rings. The van der Waals surface area contributed by atoms with Gasteiger partial charge in [0.2, 0.25) is 0 Å². The first kappa shape index (κ1) is 17.5. The molecule has 0 N–H and O–H groups in total. The van der Waals surface area contributed by atoms with E-state index in [1.165, 1.54) is 11.1 Å². The molecule has 0 atom stereocenters. The summed E-state index contributed by atoms with van der Waals surface area (Å²) in [6.07, 6.45) is 7.53. The van der Waals surface area contributed by atoms with Crippen molar-refractivity contribution < 1.29 is 4.74 Å². The fourth-order valence-corrected chi connectivity index (χ4v) is 3.95. The second-order valence-electron chi connectivity index (χ2n) is 7.28. The van der Waals surface area contributed by atoms with Crippen LogP contribution in [0.25, 0.3) is 17.1 Å². The zero-order valence-electron chi connectivity index (χ0n) is 16.5. The summed E-state index contributed by atoms with van der Waals surface area (Å²) in [5.41, 5.74) is 6.55. The van der Waals surface area contributed by atoms with E-state index < -0.39 is 0 Å². The number of para-hydroxylation sites is 1. The molecule has 0 unspecified atom stereocenters. The summed E-state index contributed by atoms with van der Waals surface area (Å²) < 4.78 is 8.24. The molecule has 29 heavy (non-hydrogen) atoms. The molecule has 1 aliphatic heterocycles. The Balaban J connectivity index is 1.64. The van der Waals surface area contributed by atoms with Gasteiger partial charge in [0.25, 0.3) is 0 Å². The lowest BCUT2D eigenvalue weighted by molar-refractivity contribution is 0.314. The van der Waals surface area contributed by atoms with Gasteiger partial charge in [0, 0.05) is 30.0 Å². The minimum absolute atomic E-state index is 0.614. The number of imidazole rings is 1. The zero-order chi connectivity index (χ0) is 19.8. The van der Waals surface area contributed by atoms with Crippen LogP contribution in [0.2, 0.25) is 0 Å². The van der Waals surface area contributed by atoms with E-state index in [9.17, 15) is 0 Å². The second-order valence-corrected chi connectivity index (χ2v) is 7.28. The first-order valence-electron chi connectivity index (χ1n) is 9.77.